The van der Waals surface area contributed by atoms with Crippen LogP contribution in [0.2, 0.25) is 0 Å². The van der Waals surface area contributed by atoms with E-state index in [1.165, 1.54) is 8.45 Å². The third kappa shape index (κ3) is 1.65. The minimum atomic E-state index is 0.311. The van der Waals surface area contributed by atoms with Crippen molar-refractivity contribution in [3.05, 3.63) is 26.6 Å². The first-order valence-electron chi connectivity index (χ1n) is 3.68. The van der Waals surface area contributed by atoms with Gasteiger partial charge in [0, 0.05) is 10.6 Å². The Morgan fingerprint density at radius 2 is 2.23 bits per heavy atom. The second-order valence-corrected chi connectivity index (χ2v) is 5.80. The molecule has 0 amide bonds. The van der Waals surface area contributed by atoms with Gasteiger partial charge in [-0.2, -0.15) is 0 Å². The molecule has 1 N–H and O–H groups in total. The monoisotopic (exact) mass is 324 g/mol. The molecule has 0 saturated heterocycles. The number of aromatic hydroxyl groups is 1. The molecular formula is C9H6ClIOS. The van der Waals surface area contributed by atoms with Crippen LogP contribution >= 0.6 is 45.5 Å². The Kier molecular flexibility index (Phi) is 2.67. The maximum absolute atomic E-state index is 9.27. The number of fused-ring (bicyclic) bond motifs is 1. The number of rotatable bonds is 1. The van der Waals surface area contributed by atoms with Crippen molar-refractivity contribution in [1.29, 1.82) is 0 Å². The van der Waals surface area contributed by atoms with Crippen molar-refractivity contribution < 1.29 is 5.11 Å². The Balaban J connectivity index is 2.79. The first kappa shape index (κ1) is 9.55. The fourth-order valence-corrected chi connectivity index (χ4v) is 3.99. The van der Waals surface area contributed by atoms with E-state index in [0.29, 0.717) is 11.6 Å². The van der Waals surface area contributed by atoms with Crippen LogP contribution in [-0.4, -0.2) is 5.11 Å². The molecule has 68 valence electrons. The maximum Gasteiger partial charge on any atom is 0.117 e. The number of thiophene rings is 1. The Bertz CT molecular complexity index is 452. The Labute approximate surface area is 98.5 Å². The summed E-state index contributed by atoms with van der Waals surface area (Å²) in [6.45, 7) is 0. The van der Waals surface area contributed by atoms with Crippen molar-refractivity contribution in [1.82, 2.24) is 0 Å². The van der Waals surface area contributed by atoms with E-state index in [2.05, 4.69) is 22.6 Å². The molecule has 4 heteroatoms. The molecule has 0 aliphatic heterocycles. The molecule has 0 aliphatic rings. The molecule has 2 aromatic rings. The van der Waals surface area contributed by atoms with Gasteiger partial charge in [0.05, 0.1) is 2.88 Å². The molecule has 1 aromatic heterocycles. The van der Waals surface area contributed by atoms with Gasteiger partial charge in [-0.15, -0.1) is 22.9 Å². The molecule has 2 rings (SSSR count). The molecule has 1 heterocycles. The van der Waals surface area contributed by atoms with E-state index in [1.807, 2.05) is 6.07 Å². The number of benzene rings is 1. The number of hydrogen-bond donors (Lipinski definition) is 1. The first-order valence-corrected chi connectivity index (χ1v) is 6.11. The molecule has 1 aromatic carbocycles. The molecule has 13 heavy (non-hydrogen) atoms. The second-order valence-electron chi connectivity index (χ2n) is 2.67. The van der Waals surface area contributed by atoms with Crippen molar-refractivity contribution in [2.24, 2.45) is 0 Å². The number of alkyl halides is 1. The molecule has 0 unspecified atom stereocenters. The molecular weight excluding hydrogens is 319 g/mol. The quantitative estimate of drug-likeness (QED) is 0.622. The van der Waals surface area contributed by atoms with Gasteiger partial charge in [-0.3, -0.25) is 0 Å². The molecule has 0 spiro atoms. The summed E-state index contributed by atoms with van der Waals surface area (Å²) in [7, 11) is 0. The molecule has 0 aliphatic carbocycles. The zero-order chi connectivity index (χ0) is 9.42. The summed E-state index contributed by atoms with van der Waals surface area (Å²) >= 11 is 9.77. The van der Waals surface area contributed by atoms with Crippen LogP contribution in [-0.2, 0) is 5.88 Å². The Morgan fingerprint density at radius 1 is 1.46 bits per heavy atom. The number of hydrogen-bond acceptors (Lipinski definition) is 2. The van der Waals surface area contributed by atoms with Gasteiger partial charge in [-0.05, 0) is 51.7 Å². The van der Waals surface area contributed by atoms with Crippen molar-refractivity contribution >= 4 is 55.6 Å². The molecule has 0 atom stereocenters. The van der Waals surface area contributed by atoms with Crippen molar-refractivity contribution in [3.63, 3.8) is 0 Å². The Hall–Kier alpha value is -0.000000000000000111. The zero-order valence-electron chi connectivity index (χ0n) is 6.55. The third-order valence-electron chi connectivity index (χ3n) is 1.86. The number of phenolic OH excluding ortho intramolecular Hbond substituents is 1. The normalized spacial score (nSPS) is 10.9. The largest absolute Gasteiger partial charge is 0.508 e. The number of halogens is 2. The average molecular weight is 325 g/mol. The van der Waals surface area contributed by atoms with Gasteiger partial charge < -0.3 is 5.11 Å². The van der Waals surface area contributed by atoms with E-state index < -0.39 is 0 Å². The summed E-state index contributed by atoms with van der Waals surface area (Å²) in [4.78, 5) is 0. The van der Waals surface area contributed by atoms with Gasteiger partial charge in [0.25, 0.3) is 0 Å². The predicted molar refractivity (Wildman–Crippen MR) is 65.8 cm³/mol. The van der Waals surface area contributed by atoms with E-state index in [9.17, 15) is 5.11 Å². The van der Waals surface area contributed by atoms with E-state index in [0.717, 1.165) is 10.1 Å². The van der Waals surface area contributed by atoms with Gasteiger partial charge in [0.2, 0.25) is 0 Å². The summed E-state index contributed by atoms with van der Waals surface area (Å²) in [5.41, 5.74) is 1.17. The van der Waals surface area contributed by atoms with E-state index in [1.54, 1.807) is 23.5 Å². The van der Waals surface area contributed by atoms with Crippen LogP contribution in [0.4, 0.5) is 0 Å². The molecule has 0 fully saturated rings. The minimum absolute atomic E-state index is 0.311. The van der Waals surface area contributed by atoms with E-state index in [4.69, 9.17) is 11.6 Å². The summed E-state index contributed by atoms with van der Waals surface area (Å²) in [6.07, 6.45) is 0. The van der Waals surface area contributed by atoms with Crippen LogP contribution in [0.5, 0.6) is 5.75 Å². The van der Waals surface area contributed by atoms with Gasteiger partial charge in [-0.25, -0.2) is 0 Å². The highest BCUT2D eigenvalue weighted by atomic mass is 127. The van der Waals surface area contributed by atoms with Crippen LogP contribution in [0.3, 0.4) is 0 Å². The molecule has 0 radical (unpaired) electrons. The Morgan fingerprint density at radius 3 is 2.92 bits per heavy atom. The fourth-order valence-electron chi connectivity index (χ4n) is 1.23. The van der Waals surface area contributed by atoms with Crippen molar-refractivity contribution in [2.45, 2.75) is 5.88 Å². The fraction of sp³-hybridized carbons (Fsp3) is 0.111. The van der Waals surface area contributed by atoms with E-state index >= 15 is 0 Å². The standard InChI is InChI=1S/C9H6ClIOS/c10-4-7-6-2-1-5(12)3-8(6)13-9(7)11/h1-3,12H,4H2. The second kappa shape index (κ2) is 3.63. The minimum Gasteiger partial charge on any atom is -0.508 e. The van der Waals surface area contributed by atoms with Gasteiger partial charge in [-0.1, -0.05) is 0 Å². The smallest absolute Gasteiger partial charge is 0.117 e. The lowest BCUT2D eigenvalue weighted by atomic mass is 10.2. The highest BCUT2D eigenvalue weighted by Crippen LogP contribution is 2.35. The molecule has 1 nitrogen and oxygen atoms in total. The summed E-state index contributed by atoms with van der Waals surface area (Å²) < 4.78 is 2.30. The van der Waals surface area contributed by atoms with Gasteiger partial charge >= 0.3 is 0 Å². The average Bonchev–Trinajstić information content (AvgIpc) is 2.39. The van der Waals surface area contributed by atoms with Crippen LogP contribution in [0.15, 0.2) is 18.2 Å². The van der Waals surface area contributed by atoms with E-state index in [-0.39, 0.29) is 0 Å². The third-order valence-corrected chi connectivity index (χ3v) is 4.42. The molecule has 0 saturated carbocycles. The summed E-state index contributed by atoms with van der Waals surface area (Å²) in [5, 5.41) is 10.4. The lowest BCUT2D eigenvalue weighted by Gasteiger charge is -1.94. The summed E-state index contributed by atoms with van der Waals surface area (Å²) in [5.74, 6) is 0.842. The highest BCUT2D eigenvalue weighted by Gasteiger charge is 2.08. The predicted octanol–water partition coefficient (Wildman–Crippen LogP) is 3.95. The van der Waals surface area contributed by atoms with Gasteiger partial charge in [0.15, 0.2) is 0 Å². The topological polar surface area (TPSA) is 20.2 Å². The van der Waals surface area contributed by atoms with Crippen LogP contribution in [0.1, 0.15) is 5.56 Å². The van der Waals surface area contributed by atoms with Gasteiger partial charge in [0.1, 0.15) is 5.75 Å². The van der Waals surface area contributed by atoms with Crippen molar-refractivity contribution in [2.75, 3.05) is 0 Å². The van der Waals surface area contributed by atoms with Crippen LogP contribution in [0, 0.1) is 2.88 Å². The highest BCUT2D eigenvalue weighted by molar-refractivity contribution is 14.1. The lowest BCUT2D eigenvalue weighted by Crippen LogP contribution is -1.75. The number of phenols is 1. The first-order chi connectivity index (χ1) is 6.22. The lowest BCUT2D eigenvalue weighted by molar-refractivity contribution is 0.476. The molecule has 0 bridgehead atoms. The maximum atomic E-state index is 9.27. The SMILES string of the molecule is Oc1ccc2c(CCl)c(I)sc2c1. The van der Waals surface area contributed by atoms with Crippen LogP contribution < -0.4 is 0 Å². The van der Waals surface area contributed by atoms with Crippen LogP contribution in [0.25, 0.3) is 10.1 Å². The zero-order valence-corrected chi connectivity index (χ0v) is 10.3. The summed E-state index contributed by atoms with van der Waals surface area (Å²) in [6, 6.07) is 5.39. The van der Waals surface area contributed by atoms with Crippen molar-refractivity contribution in [3.8, 4) is 5.75 Å².